The standard InChI is InChI=1S/C24H21BrF2N2O3/c25-15-7-8-21(30)17(12-15)20-10-14(23-18(26)5-2-6-19(23)27)11-22(29-20)28-16-4-1-3-13(9-16)24(31)32/h2,5-8,10-13,16,30H,1,3-4,9H2,(H,28,29)(H,31,32). The Morgan fingerprint density at radius 1 is 1.09 bits per heavy atom. The molecule has 0 saturated heterocycles. The molecule has 1 fully saturated rings. The van der Waals surface area contributed by atoms with Crippen LogP contribution in [0.5, 0.6) is 5.75 Å². The molecule has 1 saturated carbocycles. The van der Waals surface area contributed by atoms with E-state index in [9.17, 15) is 23.8 Å². The molecule has 32 heavy (non-hydrogen) atoms. The van der Waals surface area contributed by atoms with Gasteiger partial charge in [-0.2, -0.15) is 0 Å². The molecule has 2 aromatic carbocycles. The largest absolute Gasteiger partial charge is 0.507 e. The molecule has 0 aliphatic heterocycles. The van der Waals surface area contributed by atoms with E-state index in [1.54, 1.807) is 18.2 Å². The first-order valence-corrected chi connectivity index (χ1v) is 11.1. The number of carbonyl (C=O) groups is 1. The summed E-state index contributed by atoms with van der Waals surface area (Å²) in [5, 5.41) is 23.0. The van der Waals surface area contributed by atoms with Crippen molar-refractivity contribution in [2.45, 2.75) is 31.7 Å². The number of halogens is 3. The summed E-state index contributed by atoms with van der Waals surface area (Å²) in [4.78, 5) is 16.0. The van der Waals surface area contributed by atoms with Gasteiger partial charge in [0.05, 0.1) is 17.2 Å². The lowest BCUT2D eigenvalue weighted by atomic mass is 9.86. The number of benzene rings is 2. The number of hydrogen-bond donors (Lipinski definition) is 3. The van der Waals surface area contributed by atoms with E-state index < -0.39 is 23.5 Å². The Hall–Kier alpha value is -3.00. The lowest BCUT2D eigenvalue weighted by molar-refractivity contribution is -0.142. The first kappa shape index (κ1) is 22.2. The number of anilines is 1. The highest BCUT2D eigenvalue weighted by molar-refractivity contribution is 9.10. The molecular weight excluding hydrogens is 482 g/mol. The van der Waals surface area contributed by atoms with Crippen molar-refractivity contribution >= 4 is 27.7 Å². The summed E-state index contributed by atoms with van der Waals surface area (Å²) in [6.07, 6.45) is 2.59. The fraction of sp³-hybridized carbons (Fsp3) is 0.250. The molecule has 2 atom stereocenters. The minimum atomic E-state index is -0.827. The second kappa shape index (κ2) is 9.24. The zero-order valence-electron chi connectivity index (χ0n) is 17.0. The molecule has 5 nitrogen and oxygen atoms in total. The maximum atomic E-state index is 14.5. The molecule has 0 radical (unpaired) electrons. The molecule has 1 aromatic heterocycles. The number of carboxylic acids is 1. The topological polar surface area (TPSA) is 82.5 Å². The normalized spacial score (nSPS) is 18.3. The number of nitrogens with zero attached hydrogens (tertiary/aromatic N) is 1. The van der Waals surface area contributed by atoms with Crippen LogP contribution in [0.3, 0.4) is 0 Å². The third kappa shape index (κ3) is 4.75. The average molecular weight is 503 g/mol. The predicted octanol–water partition coefficient (Wildman–Crippen LogP) is 6.22. The molecule has 166 valence electrons. The third-order valence-corrected chi connectivity index (χ3v) is 6.18. The van der Waals surface area contributed by atoms with Crippen molar-refractivity contribution in [1.29, 1.82) is 0 Å². The number of rotatable bonds is 5. The molecular formula is C24H21BrF2N2O3. The van der Waals surface area contributed by atoms with Crippen LogP contribution in [0.25, 0.3) is 22.4 Å². The van der Waals surface area contributed by atoms with Crippen LogP contribution < -0.4 is 5.32 Å². The second-order valence-electron chi connectivity index (χ2n) is 7.93. The van der Waals surface area contributed by atoms with Crippen LogP contribution in [0.1, 0.15) is 25.7 Å². The van der Waals surface area contributed by atoms with Crippen LogP contribution in [-0.4, -0.2) is 27.2 Å². The number of aliphatic carboxylic acids is 1. The van der Waals surface area contributed by atoms with Gasteiger partial charge in [-0.05, 0) is 67.3 Å². The maximum Gasteiger partial charge on any atom is 0.306 e. The molecule has 0 spiro atoms. The molecule has 4 rings (SSSR count). The van der Waals surface area contributed by atoms with Crippen LogP contribution in [0, 0.1) is 17.6 Å². The molecule has 8 heteroatoms. The summed E-state index contributed by atoms with van der Waals surface area (Å²) < 4.78 is 29.8. The quantitative estimate of drug-likeness (QED) is 0.385. The molecule has 1 aliphatic carbocycles. The fourth-order valence-corrected chi connectivity index (χ4v) is 4.49. The second-order valence-corrected chi connectivity index (χ2v) is 8.84. The van der Waals surface area contributed by atoms with Crippen molar-refractivity contribution in [1.82, 2.24) is 4.98 Å². The SMILES string of the molecule is O=C(O)C1CCCC(Nc2cc(-c3c(F)cccc3F)cc(-c3cc(Br)ccc3O)n2)C1. The van der Waals surface area contributed by atoms with E-state index in [1.807, 2.05) is 0 Å². The molecule has 0 amide bonds. The highest BCUT2D eigenvalue weighted by atomic mass is 79.9. The smallest absolute Gasteiger partial charge is 0.306 e. The number of pyridine rings is 1. The Kier molecular flexibility index (Phi) is 6.41. The fourth-order valence-electron chi connectivity index (χ4n) is 4.13. The van der Waals surface area contributed by atoms with Gasteiger partial charge < -0.3 is 15.5 Å². The number of carboxylic acid groups (broad SMARTS) is 1. The van der Waals surface area contributed by atoms with E-state index in [4.69, 9.17) is 0 Å². The number of nitrogens with one attached hydrogen (secondary N) is 1. The molecule has 1 aliphatic rings. The van der Waals surface area contributed by atoms with Crippen molar-refractivity contribution in [3.8, 4) is 28.1 Å². The summed E-state index contributed by atoms with van der Waals surface area (Å²) >= 11 is 3.37. The monoisotopic (exact) mass is 502 g/mol. The number of aromatic hydroxyl groups is 1. The number of phenolic OH excluding ortho intramolecular Hbond substituents is 1. The Morgan fingerprint density at radius 3 is 2.56 bits per heavy atom. The summed E-state index contributed by atoms with van der Waals surface area (Å²) in [7, 11) is 0. The van der Waals surface area contributed by atoms with Crippen LogP contribution >= 0.6 is 15.9 Å². The summed E-state index contributed by atoms with van der Waals surface area (Å²) in [6.45, 7) is 0. The summed E-state index contributed by atoms with van der Waals surface area (Å²) in [5.74, 6) is -2.37. The summed E-state index contributed by atoms with van der Waals surface area (Å²) in [5.41, 5.74) is 0.795. The van der Waals surface area contributed by atoms with E-state index in [-0.39, 0.29) is 22.9 Å². The van der Waals surface area contributed by atoms with E-state index in [0.29, 0.717) is 34.4 Å². The van der Waals surface area contributed by atoms with E-state index in [1.165, 1.54) is 30.3 Å². The van der Waals surface area contributed by atoms with Crippen molar-refractivity contribution in [2.75, 3.05) is 5.32 Å². The number of phenols is 1. The van der Waals surface area contributed by atoms with E-state index in [0.717, 1.165) is 12.8 Å². The molecule has 2 unspecified atom stereocenters. The van der Waals surface area contributed by atoms with Crippen molar-refractivity contribution in [3.63, 3.8) is 0 Å². The van der Waals surface area contributed by atoms with Gasteiger partial charge in [-0.15, -0.1) is 0 Å². The Labute approximate surface area is 192 Å². The first-order valence-electron chi connectivity index (χ1n) is 10.3. The maximum absolute atomic E-state index is 14.5. The van der Waals surface area contributed by atoms with Gasteiger partial charge in [-0.3, -0.25) is 4.79 Å². The Bertz CT molecular complexity index is 1150. The van der Waals surface area contributed by atoms with Crippen molar-refractivity contribution in [3.05, 3.63) is 64.6 Å². The van der Waals surface area contributed by atoms with Gasteiger partial charge >= 0.3 is 5.97 Å². The average Bonchev–Trinajstić information content (AvgIpc) is 2.75. The molecule has 1 heterocycles. The van der Waals surface area contributed by atoms with Crippen LogP contribution in [0.15, 0.2) is 53.0 Å². The van der Waals surface area contributed by atoms with E-state index >= 15 is 0 Å². The lowest BCUT2D eigenvalue weighted by Crippen LogP contribution is -2.31. The highest BCUT2D eigenvalue weighted by Gasteiger charge is 2.27. The number of hydrogen-bond acceptors (Lipinski definition) is 4. The van der Waals surface area contributed by atoms with Gasteiger partial charge in [-0.1, -0.05) is 28.4 Å². The van der Waals surface area contributed by atoms with Crippen LogP contribution in [0.4, 0.5) is 14.6 Å². The molecule has 3 N–H and O–H groups in total. The van der Waals surface area contributed by atoms with Crippen molar-refractivity contribution in [2.24, 2.45) is 5.92 Å². The molecule has 0 bridgehead atoms. The third-order valence-electron chi connectivity index (χ3n) is 5.69. The zero-order valence-corrected chi connectivity index (χ0v) is 18.6. The van der Waals surface area contributed by atoms with Crippen molar-refractivity contribution < 1.29 is 23.8 Å². The minimum Gasteiger partial charge on any atom is -0.507 e. The highest BCUT2D eigenvalue weighted by Crippen LogP contribution is 2.36. The predicted molar refractivity (Wildman–Crippen MR) is 121 cm³/mol. The zero-order chi connectivity index (χ0) is 22.8. The Morgan fingerprint density at radius 2 is 1.84 bits per heavy atom. The minimum absolute atomic E-state index is 0.0265. The van der Waals surface area contributed by atoms with E-state index in [2.05, 4.69) is 26.2 Å². The van der Waals surface area contributed by atoms with Gasteiger partial charge in [0.2, 0.25) is 0 Å². The molecule has 3 aromatic rings. The summed E-state index contributed by atoms with van der Waals surface area (Å²) in [6, 6.07) is 11.4. The van der Waals surface area contributed by atoms with Gasteiger partial charge in [-0.25, -0.2) is 13.8 Å². The van der Waals surface area contributed by atoms with Gasteiger partial charge in [0.1, 0.15) is 23.2 Å². The first-order chi connectivity index (χ1) is 15.3. The Balaban J connectivity index is 1.79. The number of aromatic nitrogens is 1. The lowest BCUT2D eigenvalue weighted by Gasteiger charge is -2.28. The van der Waals surface area contributed by atoms with Gasteiger partial charge in [0.15, 0.2) is 0 Å². The van der Waals surface area contributed by atoms with Crippen LogP contribution in [0.2, 0.25) is 0 Å². The van der Waals surface area contributed by atoms with Gasteiger partial charge in [0, 0.05) is 16.1 Å². The van der Waals surface area contributed by atoms with Gasteiger partial charge in [0.25, 0.3) is 0 Å². The van der Waals surface area contributed by atoms with Crippen LogP contribution in [-0.2, 0) is 4.79 Å².